The number of hydrogen-bond acceptors (Lipinski definition) is 5. The predicted molar refractivity (Wildman–Crippen MR) is 88.5 cm³/mol. The first-order valence-corrected chi connectivity index (χ1v) is 8.52. The second-order valence-corrected chi connectivity index (χ2v) is 6.48. The summed E-state index contributed by atoms with van der Waals surface area (Å²) in [5.41, 5.74) is 1.25. The molecule has 122 valence electrons. The monoisotopic (exact) mass is 335 g/mol. The molecule has 0 aliphatic carbocycles. The van der Waals surface area contributed by atoms with Crippen molar-refractivity contribution in [1.82, 2.24) is 20.2 Å². The number of carbonyl (C=O) groups is 1. The zero-order chi connectivity index (χ0) is 16.2. The summed E-state index contributed by atoms with van der Waals surface area (Å²) in [6, 6.07) is 4.36. The minimum atomic E-state index is -0.445. The number of H-pyrrole nitrogens is 1. The smallest absolute Gasteiger partial charge is 0.317 e. The summed E-state index contributed by atoms with van der Waals surface area (Å²) in [4.78, 5) is 31.6. The SMILES string of the molecule is O=C(NCc1nc2ccc([N+](=O)[O-])cc2[nH]1)N1CCCSCC1. The standard InChI is InChI=1S/C14H17N5O3S/c20-14(18-4-1-6-23-7-5-18)15-9-13-16-11-3-2-10(19(21)22)8-12(11)17-13/h2-3,8H,1,4-7,9H2,(H,15,20)(H,16,17). The lowest BCUT2D eigenvalue weighted by Crippen LogP contribution is -2.40. The lowest BCUT2D eigenvalue weighted by Gasteiger charge is -2.20. The van der Waals surface area contributed by atoms with Crippen LogP contribution in [-0.2, 0) is 6.54 Å². The molecule has 9 heteroatoms. The van der Waals surface area contributed by atoms with Gasteiger partial charge >= 0.3 is 6.03 Å². The summed E-state index contributed by atoms with van der Waals surface area (Å²) in [7, 11) is 0. The summed E-state index contributed by atoms with van der Waals surface area (Å²) < 4.78 is 0. The molecule has 2 heterocycles. The number of non-ortho nitro benzene ring substituents is 1. The predicted octanol–water partition coefficient (Wildman–Crippen LogP) is 2.12. The number of amides is 2. The van der Waals surface area contributed by atoms with Gasteiger partial charge in [-0.3, -0.25) is 10.1 Å². The van der Waals surface area contributed by atoms with E-state index in [2.05, 4.69) is 15.3 Å². The number of nitrogens with one attached hydrogen (secondary N) is 2. The zero-order valence-electron chi connectivity index (χ0n) is 12.4. The van der Waals surface area contributed by atoms with E-state index < -0.39 is 4.92 Å². The van der Waals surface area contributed by atoms with Crippen molar-refractivity contribution in [3.8, 4) is 0 Å². The maximum absolute atomic E-state index is 12.2. The number of aromatic nitrogens is 2. The fraction of sp³-hybridized carbons (Fsp3) is 0.429. The Morgan fingerprint density at radius 3 is 3.13 bits per heavy atom. The molecule has 0 atom stereocenters. The summed E-state index contributed by atoms with van der Waals surface area (Å²) in [5, 5.41) is 13.6. The normalized spacial score (nSPS) is 15.4. The molecule has 23 heavy (non-hydrogen) atoms. The van der Waals surface area contributed by atoms with Crippen molar-refractivity contribution in [2.45, 2.75) is 13.0 Å². The maximum atomic E-state index is 12.2. The molecule has 0 unspecified atom stereocenters. The van der Waals surface area contributed by atoms with E-state index in [0.29, 0.717) is 16.9 Å². The van der Waals surface area contributed by atoms with Crippen LogP contribution in [0, 0.1) is 10.1 Å². The fourth-order valence-corrected chi connectivity index (χ4v) is 3.35. The Morgan fingerprint density at radius 1 is 1.43 bits per heavy atom. The number of fused-ring (bicyclic) bond motifs is 1. The Bertz CT molecular complexity index is 724. The molecule has 8 nitrogen and oxygen atoms in total. The van der Waals surface area contributed by atoms with E-state index in [0.717, 1.165) is 31.0 Å². The van der Waals surface area contributed by atoms with Gasteiger partial charge in [0, 0.05) is 31.0 Å². The zero-order valence-corrected chi connectivity index (χ0v) is 13.3. The average Bonchev–Trinajstić information content (AvgIpc) is 2.75. The van der Waals surface area contributed by atoms with Crippen LogP contribution in [0.25, 0.3) is 11.0 Å². The van der Waals surface area contributed by atoms with Crippen molar-refractivity contribution >= 4 is 34.5 Å². The molecule has 2 aromatic rings. The van der Waals surface area contributed by atoms with Gasteiger partial charge in [-0.2, -0.15) is 11.8 Å². The quantitative estimate of drug-likeness (QED) is 0.660. The fourth-order valence-electron chi connectivity index (χ4n) is 2.47. The number of hydrogen-bond donors (Lipinski definition) is 2. The van der Waals surface area contributed by atoms with E-state index in [4.69, 9.17) is 0 Å². The minimum Gasteiger partial charge on any atom is -0.340 e. The molecule has 1 aromatic carbocycles. The topological polar surface area (TPSA) is 104 Å². The van der Waals surface area contributed by atoms with Gasteiger partial charge in [0.1, 0.15) is 5.82 Å². The van der Waals surface area contributed by atoms with Crippen molar-refractivity contribution in [3.63, 3.8) is 0 Å². The molecule has 2 N–H and O–H groups in total. The van der Waals surface area contributed by atoms with Gasteiger partial charge < -0.3 is 15.2 Å². The minimum absolute atomic E-state index is 0.0128. The van der Waals surface area contributed by atoms with Crippen molar-refractivity contribution < 1.29 is 9.72 Å². The van der Waals surface area contributed by atoms with Gasteiger partial charge in [-0.25, -0.2) is 9.78 Å². The van der Waals surface area contributed by atoms with Crippen LogP contribution < -0.4 is 5.32 Å². The van der Waals surface area contributed by atoms with Gasteiger partial charge in [0.2, 0.25) is 0 Å². The van der Waals surface area contributed by atoms with Gasteiger partial charge in [0.25, 0.3) is 5.69 Å². The number of nitrogens with zero attached hydrogens (tertiary/aromatic N) is 3. The first-order valence-electron chi connectivity index (χ1n) is 7.37. The highest BCUT2D eigenvalue weighted by atomic mass is 32.2. The molecule has 1 saturated heterocycles. The number of imidazole rings is 1. The average molecular weight is 335 g/mol. The largest absolute Gasteiger partial charge is 0.340 e. The van der Waals surface area contributed by atoms with Gasteiger partial charge in [-0.15, -0.1) is 0 Å². The summed E-state index contributed by atoms with van der Waals surface area (Å²) in [6.07, 6.45) is 1.01. The third-order valence-electron chi connectivity index (χ3n) is 3.64. The molecule has 1 aromatic heterocycles. The molecular weight excluding hydrogens is 318 g/mol. The number of carbonyl (C=O) groups excluding carboxylic acids is 1. The van der Waals surface area contributed by atoms with E-state index in [1.54, 1.807) is 6.07 Å². The van der Waals surface area contributed by atoms with Gasteiger partial charge in [-0.1, -0.05) is 0 Å². The van der Waals surface area contributed by atoms with Crippen LogP contribution in [0.2, 0.25) is 0 Å². The van der Waals surface area contributed by atoms with Crippen LogP contribution in [0.3, 0.4) is 0 Å². The van der Waals surface area contributed by atoms with E-state index in [1.165, 1.54) is 12.1 Å². The molecule has 0 spiro atoms. The molecular formula is C14H17N5O3S. The van der Waals surface area contributed by atoms with Crippen LogP contribution in [0.5, 0.6) is 0 Å². The van der Waals surface area contributed by atoms with E-state index >= 15 is 0 Å². The summed E-state index contributed by atoms with van der Waals surface area (Å²) in [5.74, 6) is 2.63. The Balaban J connectivity index is 1.64. The highest BCUT2D eigenvalue weighted by Crippen LogP contribution is 2.19. The first kappa shape index (κ1) is 15.6. The lowest BCUT2D eigenvalue weighted by atomic mass is 10.3. The van der Waals surface area contributed by atoms with Gasteiger partial charge in [0.15, 0.2) is 0 Å². The van der Waals surface area contributed by atoms with Crippen LogP contribution >= 0.6 is 11.8 Å². The third kappa shape index (κ3) is 3.73. The second-order valence-electron chi connectivity index (χ2n) is 5.25. The number of urea groups is 1. The lowest BCUT2D eigenvalue weighted by molar-refractivity contribution is -0.384. The molecule has 3 rings (SSSR count). The Morgan fingerprint density at radius 2 is 2.30 bits per heavy atom. The number of aromatic amines is 1. The number of thioether (sulfide) groups is 1. The molecule has 1 aliphatic rings. The number of rotatable bonds is 3. The first-order chi connectivity index (χ1) is 11.1. The number of benzene rings is 1. The number of nitro benzene ring substituents is 1. The van der Waals surface area contributed by atoms with Gasteiger partial charge in [-0.05, 0) is 18.2 Å². The van der Waals surface area contributed by atoms with E-state index in [9.17, 15) is 14.9 Å². The van der Waals surface area contributed by atoms with E-state index in [-0.39, 0.29) is 18.3 Å². The second kappa shape index (κ2) is 6.86. The summed E-state index contributed by atoms with van der Waals surface area (Å²) >= 11 is 1.86. The van der Waals surface area contributed by atoms with Crippen molar-refractivity contribution in [3.05, 3.63) is 34.1 Å². The number of nitro groups is 1. The molecule has 0 radical (unpaired) electrons. The van der Waals surface area contributed by atoms with Gasteiger partial charge in [0.05, 0.1) is 22.5 Å². The molecule has 1 fully saturated rings. The van der Waals surface area contributed by atoms with Crippen molar-refractivity contribution in [2.24, 2.45) is 0 Å². The van der Waals surface area contributed by atoms with E-state index in [1.807, 2.05) is 16.7 Å². The Hall–Kier alpha value is -2.29. The Labute approximate surface area is 136 Å². The molecule has 2 amide bonds. The maximum Gasteiger partial charge on any atom is 0.317 e. The molecule has 0 bridgehead atoms. The van der Waals surface area contributed by atoms with Crippen LogP contribution in [-0.4, -0.2) is 50.4 Å². The van der Waals surface area contributed by atoms with Crippen LogP contribution in [0.15, 0.2) is 18.2 Å². The Kier molecular flexibility index (Phi) is 4.65. The van der Waals surface area contributed by atoms with Crippen LogP contribution in [0.4, 0.5) is 10.5 Å². The molecule has 0 saturated carbocycles. The summed E-state index contributed by atoms with van der Waals surface area (Å²) in [6.45, 7) is 1.79. The van der Waals surface area contributed by atoms with Crippen molar-refractivity contribution in [2.75, 3.05) is 24.6 Å². The molecule has 1 aliphatic heterocycles. The van der Waals surface area contributed by atoms with Crippen molar-refractivity contribution in [1.29, 1.82) is 0 Å². The highest BCUT2D eigenvalue weighted by Gasteiger charge is 2.16. The highest BCUT2D eigenvalue weighted by molar-refractivity contribution is 7.99. The van der Waals surface area contributed by atoms with Crippen LogP contribution in [0.1, 0.15) is 12.2 Å². The third-order valence-corrected chi connectivity index (χ3v) is 4.69.